The average molecular weight is 254 g/mol. The number of hydrogen-bond donors (Lipinski definition) is 1. The first-order valence-corrected chi connectivity index (χ1v) is 6.90. The first-order valence-electron chi connectivity index (χ1n) is 6.03. The SMILES string of the molecule is OC(Cc1csc2ccccc12)c1ccccc1. The molecule has 0 spiro atoms. The van der Waals surface area contributed by atoms with Crippen molar-refractivity contribution < 1.29 is 5.11 Å². The summed E-state index contributed by atoms with van der Waals surface area (Å²) in [7, 11) is 0. The summed E-state index contributed by atoms with van der Waals surface area (Å²) < 4.78 is 1.28. The molecule has 0 amide bonds. The summed E-state index contributed by atoms with van der Waals surface area (Å²) in [5.74, 6) is 0. The Morgan fingerprint density at radius 3 is 2.50 bits per heavy atom. The number of aliphatic hydroxyl groups is 1. The van der Waals surface area contributed by atoms with Crippen LogP contribution in [0, 0.1) is 0 Å². The van der Waals surface area contributed by atoms with Crippen molar-refractivity contribution in [1.29, 1.82) is 0 Å². The normalized spacial score (nSPS) is 12.7. The Morgan fingerprint density at radius 1 is 0.944 bits per heavy atom. The molecule has 0 bridgehead atoms. The molecule has 1 heterocycles. The van der Waals surface area contributed by atoms with E-state index in [9.17, 15) is 5.11 Å². The molecule has 1 aromatic heterocycles. The summed E-state index contributed by atoms with van der Waals surface area (Å²) in [6.07, 6.45) is 0.248. The van der Waals surface area contributed by atoms with E-state index >= 15 is 0 Å². The Labute approximate surface area is 110 Å². The number of rotatable bonds is 3. The second-order valence-corrected chi connectivity index (χ2v) is 5.30. The van der Waals surface area contributed by atoms with E-state index in [2.05, 4.69) is 23.6 Å². The van der Waals surface area contributed by atoms with Crippen molar-refractivity contribution in [1.82, 2.24) is 0 Å². The predicted octanol–water partition coefficient (Wildman–Crippen LogP) is 4.18. The highest BCUT2D eigenvalue weighted by atomic mass is 32.1. The molecule has 1 nitrogen and oxygen atoms in total. The van der Waals surface area contributed by atoms with E-state index in [1.807, 2.05) is 36.4 Å². The molecule has 1 N–H and O–H groups in total. The zero-order valence-electron chi connectivity index (χ0n) is 9.91. The molecule has 0 aliphatic carbocycles. The van der Waals surface area contributed by atoms with E-state index in [-0.39, 0.29) is 0 Å². The monoisotopic (exact) mass is 254 g/mol. The van der Waals surface area contributed by atoms with E-state index < -0.39 is 6.10 Å². The number of aliphatic hydroxyl groups excluding tert-OH is 1. The minimum Gasteiger partial charge on any atom is -0.388 e. The van der Waals surface area contributed by atoms with E-state index in [0.717, 1.165) is 5.56 Å². The van der Waals surface area contributed by atoms with Crippen LogP contribution >= 0.6 is 11.3 Å². The fourth-order valence-electron chi connectivity index (χ4n) is 2.19. The quantitative estimate of drug-likeness (QED) is 0.743. The highest BCUT2D eigenvalue weighted by molar-refractivity contribution is 7.17. The van der Waals surface area contributed by atoms with Gasteiger partial charge in [0.15, 0.2) is 0 Å². The van der Waals surface area contributed by atoms with Gasteiger partial charge in [0.1, 0.15) is 0 Å². The maximum absolute atomic E-state index is 10.3. The Morgan fingerprint density at radius 2 is 1.67 bits per heavy atom. The molecule has 0 saturated heterocycles. The first-order chi connectivity index (χ1) is 8.84. The van der Waals surface area contributed by atoms with Crippen LogP contribution in [0.25, 0.3) is 10.1 Å². The molecule has 90 valence electrons. The van der Waals surface area contributed by atoms with Crippen LogP contribution in [0.5, 0.6) is 0 Å². The number of hydrogen-bond acceptors (Lipinski definition) is 2. The van der Waals surface area contributed by atoms with E-state index in [0.29, 0.717) is 6.42 Å². The molecular weight excluding hydrogens is 240 g/mol. The van der Waals surface area contributed by atoms with Gasteiger partial charge in [-0.1, -0.05) is 48.5 Å². The summed E-state index contributed by atoms with van der Waals surface area (Å²) in [6, 6.07) is 18.2. The van der Waals surface area contributed by atoms with Gasteiger partial charge in [-0.3, -0.25) is 0 Å². The highest BCUT2D eigenvalue weighted by Crippen LogP contribution is 2.29. The lowest BCUT2D eigenvalue weighted by Gasteiger charge is -2.10. The van der Waals surface area contributed by atoms with Crippen LogP contribution in [0.4, 0.5) is 0 Å². The predicted molar refractivity (Wildman–Crippen MR) is 76.9 cm³/mol. The highest BCUT2D eigenvalue weighted by Gasteiger charge is 2.11. The van der Waals surface area contributed by atoms with Gasteiger partial charge in [-0.25, -0.2) is 0 Å². The van der Waals surface area contributed by atoms with Gasteiger partial charge in [0.25, 0.3) is 0 Å². The maximum atomic E-state index is 10.3. The zero-order valence-corrected chi connectivity index (χ0v) is 10.7. The Hall–Kier alpha value is -1.64. The zero-order chi connectivity index (χ0) is 12.4. The van der Waals surface area contributed by atoms with Crippen molar-refractivity contribution in [2.75, 3.05) is 0 Å². The molecule has 2 heteroatoms. The van der Waals surface area contributed by atoms with Gasteiger partial charge in [0, 0.05) is 11.1 Å². The molecule has 1 unspecified atom stereocenters. The fourth-order valence-corrected chi connectivity index (χ4v) is 3.17. The molecule has 0 radical (unpaired) electrons. The Balaban J connectivity index is 1.89. The van der Waals surface area contributed by atoms with Gasteiger partial charge in [0.2, 0.25) is 0 Å². The lowest BCUT2D eigenvalue weighted by Crippen LogP contribution is -2.00. The minimum absolute atomic E-state index is 0.427. The molecule has 1 atom stereocenters. The molecule has 3 aromatic rings. The summed E-state index contributed by atoms with van der Waals surface area (Å²) in [5, 5.41) is 13.7. The summed E-state index contributed by atoms with van der Waals surface area (Å²) >= 11 is 1.74. The van der Waals surface area contributed by atoms with Gasteiger partial charge in [-0.15, -0.1) is 11.3 Å². The second-order valence-electron chi connectivity index (χ2n) is 4.39. The molecule has 18 heavy (non-hydrogen) atoms. The van der Waals surface area contributed by atoms with Crippen molar-refractivity contribution in [3.05, 3.63) is 71.1 Å². The molecule has 0 aliphatic rings. The topological polar surface area (TPSA) is 20.2 Å². The van der Waals surface area contributed by atoms with Gasteiger partial charge >= 0.3 is 0 Å². The van der Waals surface area contributed by atoms with Gasteiger partial charge in [0.05, 0.1) is 6.10 Å². The van der Waals surface area contributed by atoms with Crippen LogP contribution in [0.1, 0.15) is 17.2 Å². The van der Waals surface area contributed by atoms with Gasteiger partial charge in [-0.2, -0.15) is 0 Å². The summed E-state index contributed by atoms with van der Waals surface area (Å²) in [6.45, 7) is 0. The molecule has 0 saturated carbocycles. The number of benzene rings is 2. The van der Waals surface area contributed by atoms with Crippen LogP contribution in [0.3, 0.4) is 0 Å². The summed E-state index contributed by atoms with van der Waals surface area (Å²) in [5.41, 5.74) is 2.21. The number of thiophene rings is 1. The third-order valence-corrected chi connectivity index (χ3v) is 4.17. The fraction of sp³-hybridized carbons (Fsp3) is 0.125. The van der Waals surface area contributed by atoms with E-state index in [1.165, 1.54) is 15.6 Å². The lowest BCUT2D eigenvalue weighted by molar-refractivity contribution is 0.179. The van der Waals surface area contributed by atoms with Crippen molar-refractivity contribution in [3.63, 3.8) is 0 Å². The van der Waals surface area contributed by atoms with E-state index in [1.54, 1.807) is 11.3 Å². The molecule has 0 fully saturated rings. The molecule has 3 rings (SSSR count). The standard InChI is InChI=1S/C16H14OS/c17-15(12-6-2-1-3-7-12)10-13-11-18-16-9-5-4-8-14(13)16/h1-9,11,15,17H,10H2. The first kappa shape index (κ1) is 11.5. The summed E-state index contributed by atoms with van der Waals surface area (Å²) in [4.78, 5) is 0. The van der Waals surface area contributed by atoms with Crippen LogP contribution in [-0.4, -0.2) is 5.11 Å². The molecule has 2 aromatic carbocycles. The minimum atomic E-state index is -0.427. The second kappa shape index (κ2) is 4.92. The van der Waals surface area contributed by atoms with Crippen molar-refractivity contribution in [2.24, 2.45) is 0 Å². The van der Waals surface area contributed by atoms with E-state index in [4.69, 9.17) is 0 Å². The van der Waals surface area contributed by atoms with Gasteiger partial charge in [-0.05, 0) is 28.0 Å². The lowest BCUT2D eigenvalue weighted by atomic mass is 10.0. The maximum Gasteiger partial charge on any atom is 0.0830 e. The van der Waals surface area contributed by atoms with Crippen LogP contribution in [0.2, 0.25) is 0 Å². The largest absolute Gasteiger partial charge is 0.388 e. The van der Waals surface area contributed by atoms with Crippen LogP contribution in [0.15, 0.2) is 60.0 Å². The third-order valence-electron chi connectivity index (χ3n) is 3.16. The third kappa shape index (κ3) is 2.17. The Kier molecular flexibility index (Phi) is 3.13. The van der Waals surface area contributed by atoms with Crippen molar-refractivity contribution in [2.45, 2.75) is 12.5 Å². The molecule has 0 aliphatic heterocycles. The van der Waals surface area contributed by atoms with Gasteiger partial charge < -0.3 is 5.11 Å². The Bertz CT molecular complexity index is 642. The van der Waals surface area contributed by atoms with Crippen LogP contribution < -0.4 is 0 Å². The average Bonchev–Trinajstić information content (AvgIpc) is 2.83. The number of fused-ring (bicyclic) bond motifs is 1. The smallest absolute Gasteiger partial charge is 0.0830 e. The van der Waals surface area contributed by atoms with Crippen LogP contribution in [-0.2, 0) is 6.42 Å². The van der Waals surface area contributed by atoms with Crippen molar-refractivity contribution in [3.8, 4) is 0 Å². The molecular formula is C16H14OS. The van der Waals surface area contributed by atoms with Crippen molar-refractivity contribution >= 4 is 21.4 Å².